The first kappa shape index (κ1) is 13.5. The first-order chi connectivity index (χ1) is 9.04. The predicted octanol–water partition coefficient (Wildman–Crippen LogP) is 2.56. The summed E-state index contributed by atoms with van der Waals surface area (Å²) in [6.07, 6.45) is 1.73. The second-order valence-electron chi connectivity index (χ2n) is 4.99. The zero-order valence-corrected chi connectivity index (χ0v) is 11.5. The molecule has 19 heavy (non-hydrogen) atoms. The Morgan fingerprint density at radius 1 is 1.26 bits per heavy atom. The topological polar surface area (TPSA) is 54.0 Å². The Bertz CT molecular complexity index is 587. The number of nitrogens with one attached hydrogen (secondary N) is 2. The minimum Gasteiger partial charge on any atom is -0.323 e. The zero-order valence-electron chi connectivity index (χ0n) is 11.5. The summed E-state index contributed by atoms with van der Waals surface area (Å²) in [5.41, 5.74) is 0.950. The number of likely N-dealkylation sites (N-methyl/N-ethyl adjacent to an activating group) is 1. The lowest BCUT2D eigenvalue weighted by Crippen LogP contribution is -2.49. The van der Waals surface area contributed by atoms with Crippen LogP contribution in [0.25, 0.3) is 10.9 Å². The first-order valence-corrected chi connectivity index (χ1v) is 6.45. The molecule has 0 bridgehead atoms. The van der Waals surface area contributed by atoms with Crippen molar-refractivity contribution in [2.24, 2.45) is 0 Å². The molecule has 2 rings (SSSR count). The normalized spacial score (nSPS) is 11.5. The van der Waals surface area contributed by atoms with E-state index in [1.54, 1.807) is 6.20 Å². The third-order valence-electron chi connectivity index (χ3n) is 3.07. The predicted molar refractivity (Wildman–Crippen MR) is 78.1 cm³/mol. The van der Waals surface area contributed by atoms with Crippen molar-refractivity contribution in [1.29, 1.82) is 0 Å². The van der Waals surface area contributed by atoms with E-state index in [9.17, 15) is 4.79 Å². The van der Waals surface area contributed by atoms with E-state index in [0.717, 1.165) is 23.1 Å². The summed E-state index contributed by atoms with van der Waals surface area (Å²) in [5.74, 6) is -0.0625. The number of anilines is 1. The molecule has 0 atom stereocenters. The highest BCUT2D eigenvalue weighted by Crippen LogP contribution is 2.21. The molecule has 0 saturated heterocycles. The fourth-order valence-electron chi connectivity index (χ4n) is 2.01. The molecule has 2 N–H and O–H groups in total. The van der Waals surface area contributed by atoms with Gasteiger partial charge in [0.05, 0.1) is 16.7 Å². The van der Waals surface area contributed by atoms with Gasteiger partial charge in [-0.25, -0.2) is 0 Å². The van der Waals surface area contributed by atoms with Crippen LogP contribution in [0.2, 0.25) is 0 Å². The van der Waals surface area contributed by atoms with Gasteiger partial charge in [-0.2, -0.15) is 0 Å². The number of aromatic nitrogens is 1. The molecule has 4 nitrogen and oxygen atoms in total. The van der Waals surface area contributed by atoms with Gasteiger partial charge in [0.15, 0.2) is 0 Å². The Hall–Kier alpha value is -1.94. The molecule has 1 amide bonds. The number of para-hydroxylation sites is 1. The minimum atomic E-state index is -0.605. The highest BCUT2D eigenvalue weighted by Gasteiger charge is 2.26. The van der Waals surface area contributed by atoms with E-state index in [4.69, 9.17) is 0 Å². The Morgan fingerprint density at radius 3 is 2.74 bits per heavy atom. The standard InChI is InChI=1S/C15H19N3O/c1-4-17-15(2,3)14(19)18-12-9-5-7-11-8-6-10-16-13(11)12/h5-10,17H,4H2,1-3H3,(H,18,19). The van der Waals surface area contributed by atoms with Gasteiger partial charge < -0.3 is 10.6 Å². The molecule has 4 heteroatoms. The van der Waals surface area contributed by atoms with Gasteiger partial charge in [0.2, 0.25) is 5.91 Å². The number of hydrogen-bond acceptors (Lipinski definition) is 3. The smallest absolute Gasteiger partial charge is 0.244 e. The van der Waals surface area contributed by atoms with E-state index < -0.39 is 5.54 Å². The lowest BCUT2D eigenvalue weighted by atomic mass is 10.0. The van der Waals surface area contributed by atoms with Gasteiger partial charge in [0.25, 0.3) is 0 Å². The first-order valence-electron chi connectivity index (χ1n) is 6.45. The van der Waals surface area contributed by atoms with E-state index in [-0.39, 0.29) is 5.91 Å². The summed E-state index contributed by atoms with van der Waals surface area (Å²) in [7, 11) is 0. The van der Waals surface area contributed by atoms with Crippen LogP contribution in [0.4, 0.5) is 5.69 Å². The number of pyridine rings is 1. The van der Waals surface area contributed by atoms with Crippen molar-refractivity contribution in [1.82, 2.24) is 10.3 Å². The molecular formula is C15H19N3O. The van der Waals surface area contributed by atoms with Crippen LogP contribution in [0.3, 0.4) is 0 Å². The number of amides is 1. The van der Waals surface area contributed by atoms with Crippen LogP contribution >= 0.6 is 0 Å². The van der Waals surface area contributed by atoms with Crippen LogP contribution < -0.4 is 10.6 Å². The number of hydrogen-bond donors (Lipinski definition) is 2. The fraction of sp³-hybridized carbons (Fsp3) is 0.333. The van der Waals surface area contributed by atoms with Gasteiger partial charge in [0, 0.05) is 11.6 Å². The van der Waals surface area contributed by atoms with Gasteiger partial charge in [-0.3, -0.25) is 9.78 Å². The van der Waals surface area contributed by atoms with Gasteiger partial charge >= 0.3 is 0 Å². The largest absolute Gasteiger partial charge is 0.323 e. The molecule has 0 aliphatic carbocycles. The van der Waals surface area contributed by atoms with Crippen molar-refractivity contribution in [2.75, 3.05) is 11.9 Å². The molecule has 0 unspecified atom stereocenters. The molecule has 100 valence electrons. The van der Waals surface area contributed by atoms with Crippen LogP contribution in [0, 0.1) is 0 Å². The Balaban J connectivity index is 2.29. The van der Waals surface area contributed by atoms with E-state index in [0.29, 0.717) is 0 Å². The molecular weight excluding hydrogens is 238 g/mol. The van der Waals surface area contributed by atoms with Crippen molar-refractivity contribution in [3.8, 4) is 0 Å². The fourth-order valence-corrected chi connectivity index (χ4v) is 2.01. The second kappa shape index (κ2) is 5.36. The third-order valence-corrected chi connectivity index (χ3v) is 3.07. The summed E-state index contributed by atoms with van der Waals surface area (Å²) in [6, 6.07) is 9.63. The molecule has 0 aliphatic rings. The lowest BCUT2D eigenvalue weighted by Gasteiger charge is -2.24. The maximum atomic E-state index is 12.3. The van der Waals surface area contributed by atoms with Crippen LogP contribution in [-0.2, 0) is 4.79 Å². The number of carbonyl (C=O) groups is 1. The summed E-state index contributed by atoms with van der Waals surface area (Å²) in [5, 5.41) is 7.12. The molecule has 0 radical (unpaired) electrons. The van der Waals surface area contributed by atoms with E-state index in [2.05, 4.69) is 15.6 Å². The summed E-state index contributed by atoms with van der Waals surface area (Å²) < 4.78 is 0. The summed E-state index contributed by atoms with van der Waals surface area (Å²) in [6.45, 7) is 6.46. The van der Waals surface area contributed by atoms with Gasteiger partial charge in [-0.05, 0) is 32.5 Å². The van der Waals surface area contributed by atoms with Crippen LogP contribution in [-0.4, -0.2) is 23.0 Å². The van der Waals surface area contributed by atoms with Crippen molar-refractivity contribution in [2.45, 2.75) is 26.3 Å². The molecule has 2 aromatic rings. The van der Waals surface area contributed by atoms with Crippen LogP contribution in [0.15, 0.2) is 36.5 Å². The zero-order chi connectivity index (χ0) is 13.9. The van der Waals surface area contributed by atoms with E-state index in [1.807, 2.05) is 51.1 Å². The number of carbonyl (C=O) groups excluding carboxylic acids is 1. The average molecular weight is 257 g/mol. The van der Waals surface area contributed by atoms with Crippen molar-refractivity contribution in [3.05, 3.63) is 36.5 Å². The maximum Gasteiger partial charge on any atom is 0.244 e. The van der Waals surface area contributed by atoms with Crippen LogP contribution in [0.5, 0.6) is 0 Å². The quantitative estimate of drug-likeness (QED) is 0.885. The monoisotopic (exact) mass is 257 g/mol. The van der Waals surface area contributed by atoms with Gasteiger partial charge in [-0.15, -0.1) is 0 Å². The van der Waals surface area contributed by atoms with Crippen molar-refractivity contribution in [3.63, 3.8) is 0 Å². The van der Waals surface area contributed by atoms with Gasteiger partial charge in [0.1, 0.15) is 0 Å². The number of benzene rings is 1. The number of nitrogens with zero attached hydrogens (tertiary/aromatic N) is 1. The Kier molecular flexibility index (Phi) is 3.81. The number of rotatable bonds is 4. The highest BCUT2D eigenvalue weighted by molar-refractivity contribution is 6.03. The Labute approximate surface area is 113 Å². The average Bonchev–Trinajstić information content (AvgIpc) is 2.39. The minimum absolute atomic E-state index is 0.0625. The molecule has 1 heterocycles. The van der Waals surface area contributed by atoms with Crippen molar-refractivity contribution >= 4 is 22.5 Å². The molecule has 1 aromatic carbocycles. The maximum absolute atomic E-state index is 12.3. The SMILES string of the molecule is CCNC(C)(C)C(=O)Nc1cccc2cccnc12. The third kappa shape index (κ3) is 2.90. The second-order valence-corrected chi connectivity index (χ2v) is 4.99. The van der Waals surface area contributed by atoms with Crippen molar-refractivity contribution < 1.29 is 4.79 Å². The molecule has 0 aliphatic heterocycles. The molecule has 0 spiro atoms. The van der Waals surface area contributed by atoms with Gasteiger partial charge in [-0.1, -0.05) is 25.1 Å². The number of fused-ring (bicyclic) bond motifs is 1. The molecule has 1 aromatic heterocycles. The van der Waals surface area contributed by atoms with E-state index in [1.165, 1.54) is 0 Å². The summed E-state index contributed by atoms with van der Waals surface area (Å²) >= 11 is 0. The van der Waals surface area contributed by atoms with Crippen LogP contribution in [0.1, 0.15) is 20.8 Å². The van der Waals surface area contributed by atoms with E-state index >= 15 is 0 Å². The molecule has 0 fully saturated rings. The highest BCUT2D eigenvalue weighted by atomic mass is 16.2. The molecule has 0 saturated carbocycles. The lowest BCUT2D eigenvalue weighted by molar-refractivity contribution is -0.121. The summed E-state index contributed by atoms with van der Waals surface area (Å²) in [4.78, 5) is 16.6. The Morgan fingerprint density at radius 2 is 2.00 bits per heavy atom.